The molecule has 0 aliphatic carbocycles. The molecule has 2 N–H and O–H groups in total. The van der Waals surface area contributed by atoms with Crippen LogP contribution in [-0.2, 0) is 4.79 Å². The average molecular weight is 184 g/mol. The van der Waals surface area contributed by atoms with Crippen LogP contribution in [0.4, 0.5) is 4.39 Å². The van der Waals surface area contributed by atoms with E-state index >= 15 is 0 Å². The minimum atomic E-state index is -1.22. The quantitative estimate of drug-likeness (QED) is 0.620. The highest BCUT2D eigenvalue weighted by atomic mass is 35.5. The van der Waals surface area contributed by atoms with Crippen LogP contribution in [0.5, 0.6) is 0 Å². The maximum Gasteiger partial charge on any atom is 0.309 e. The number of nitrogens with one attached hydrogen (secondary N) is 1. The highest BCUT2D eigenvalue weighted by molar-refractivity contribution is 5.85. The summed E-state index contributed by atoms with van der Waals surface area (Å²) >= 11 is 0. The lowest BCUT2D eigenvalue weighted by Gasteiger charge is -2.22. The summed E-state index contributed by atoms with van der Waals surface area (Å²) in [5.41, 5.74) is 0. The number of hydrogen-bond acceptors (Lipinski definition) is 2. The van der Waals surface area contributed by atoms with Crippen LogP contribution in [0.1, 0.15) is 6.42 Å². The van der Waals surface area contributed by atoms with E-state index in [4.69, 9.17) is 5.11 Å². The van der Waals surface area contributed by atoms with Gasteiger partial charge >= 0.3 is 5.97 Å². The van der Waals surface area contributed by atoms with Gasteiger partial charge in [-0.1, -0.05) is 0 Å². The largest absolute Gasteiger partial charge is 0.481 e. The zero-order valence-electron chi connectivity index (χ0n) is 5.92. The van der Waals surface area contributed by atoms with E-state index in [1.807, 2.05) is 0 Å². The predicted octanol–water partition coefficient (Wildman–Crippen LogP) is 0.440. The van der Waals surface area contributed by atoms with Gasteiger partial charge in [0.2, 0.25) is 0 Å². The average Bonchev–Trinajstić information content (AvgIpc) is 1.88. The first-order valence-electron chi connectivity index (χ1n) is 3.29. The Hall–Kier alpha value is -0.350. The van der Waals surface area contributed by atoms with Crippen molar-refractivity contribution in [3.05, 3.63) is 0 Å². The molecule has 0 unspecified atom stereocenters. The molecule has 1 heterocycles. The SMILES string of the molecule is Cl.O=C(O)[C@H]1CCNC[C@H]1F. The van der Waals surface area contributed by atoms with Crippen LogP contribution in [0.2, 0.25) is 0 Å². The molecule has 1 aliphatic heterocycles. The maximum atomic E-state index is 12.7. The molecular weight excluding hydrogens is 173 g/mol. The first-order chi connectivity index (χ1) is 4.72. The first kappa shape index (κ1) is 10.7. The van der Waals surface area contributed by atoms with Gasteiger partial charge in [-0.05, 0) is 13.0 Å². The molecule has 0 bridgehead atoms. The third-order valence-corrected chi connectivity index (χ3v) is 1.73. The molecule has 2 atom stereocenters. The molecule has 0 aromatic carbocycles. The van der Waals surface area contributed by atoms with Gasteiger partial charge in [-0.3, -0.25) is 4.79 Å². The van der Waals surface area contributed by atoms with Crippen LogP contribution in [0.25, 0.3) is 0 Å². The van der Waals surface area contributed by atoms with Gasteiger partial charge in [0.1, 0.15) is 6.17 Å². The molecule has 11 heavy (non-hydrogen) atoms. The number of carboxylic acids is 1. The molecule has 0 aromatic rings. The summed E-state index contributed by atoms with van der Waals surface area (Å²) in [6.07, 6.45) is -0.817. The Bertz CT molecular complexity index is 145. The van der Waals surface area contributed by atoms with Crippen LogP contribution in [0.3, 0.4) is 0 Å². The molecule has 0 spiro atoms. The van der Waals surface area contributed by atoms with Gasteiger partial charge in [0.05, 0.1) is 5.92 Å². The zero-order chi connectivity index (χ0) is 7.56. The van der Waals surface area contributed by atoms with Crippen molar-refractivity contribution in [2.75, 3.05) is 13.1 Å². The van der Waals surface area contributed by atoms with Crippen LogP contribution in [0, 0.1) is 5.92 Å². The predicted molar refractivity (Wildman–Crippen MR) is 40.8 cm³/mol. The van der Waals surface area contributed by atoms with E-state index in [0.29, 0.717) is 13.0 Å². The third-order valence-electron chi connectivity index (χ3n) is 1.73. The molecule has 0 amide bonds. The van der Waals surface area contributed by atoms with Gasteiger partial charge in [0, 0.05) is 6.54 Å². The van der Waals surface area contributed by atoms with E-state index in [2.05, 4.69) is 5.32 Å². The summed E-state index contributed by atoms with van der Waals surface area (Å²) in [5.74, 6) is -1.81. The molecule has 0 radical (unpaired) electrons. The maximum absolute atomic E-state index is 12.7. The summed E-state index contributed by atoms with van der Waals surface area (Å²) in [6, 6.07) is 0. The molecule has 66 valence electrons. The minimum absolute atomic E-state index is 0. The smallest absolute Gasteiger partial charge is 0.309 e. The van der Waals surface area contributed by atoms with Gasteiger partial charge in [0.25, 0.3) is 0 Å². The highest BCUT2D eigenvalue weighted by Crippen LogP contribution is 2.15. The summed E-state index contributed by atoms with van der Waals surface area (Å²) in [4.78, 5) is 10.3. The Balaban J connectivity index is 0.000001000. The lowest BCUT2D eigenvalue weighted by molar-refractivity contribution is -0.144. The third kappa shape index (κ3) is 2.63. The van der Waals surface area contributed by atoms with E-state index in [9.17, 15) is 9.18 Å². The lowest BCUT2D eigenvalue weighted by atomic mass is 9.97. The van der Waals surface area contributed by atoms with Crippen molar-refractivity contribution in [3.8, 4) is 0 Å². The number of aliphatic carboxylic acids is 1. The monoisotopic (exact) mass is 183 g/mol. The Labute approximate surface area is 70.4 Å². The fraction of sp³-hybridized carbons (Fsp3) is 0.833. The molecule has 0 aromatic heterocycles. The van der Waals surface area contributed by atoms with Crippen molar-refractivity contribution in [1.29, 1.82) is 0 Å². The molecule has 1 rings (SSSR count). The molecule has 3 nitrogen and oxygen atoms in total. The number of carbonyl (C=O) groups is 1. The van der Waals surface area contributed by atoms with Crippen molar-refractivity contribution < 1.29 is 14.3 Å². The van der Waals surface area contributed by atoms with Crippen molar-refractivity contribution >= 4 is 18.4 Å². The minimum Gasteiger partial charge on any atom is -0.481 e. The fourth-order valence-electron chi connectivity index (χ4n) is 1.10. The molecular formula is C6H11ClFNO2. The second-order valence-electron chi connectivity index (χ2n) is 2.45. The van der Waals surface area contributed by atoms with Crippen molar-refractivity contribution in [3.63, 3.8) is 0 Å². The van der Waals surface area contributed by atoms with Crippen molar-refractivity contribution in [2.45, 2.75) is 12.6 Å². The number of rotatable bonds is 1. The number of halogens is 2. The second kappa shape index (κ2) is 4.51. The van der Waals surface area contributed by atoms with Crippen LogP contribution in [0.15, 0.2) is 0 Å². The number of hydrogen-bond donors (Lipinski definition) is 2. The molecule has 1 saturated heterocycles. The van der Waals surface area contributed by atoms with Crippen LogP contribution < -0.4 is 5.32 Å². The van der Waals surface area contributed by atoms with Crippen LogP contribution in [-0.4, -0.2) is 30.3 Å². The highest BCUT2D eigenvalue weighted by Gasteiger charge is 2.30. The zero-order valence-corrected chi connectivity index (χ0v) is 6.73. The van der Waals surface area contributed by atoms with E-state index in [1.54, 1.807) is 0 Å². The topological polar surface area (TPSA) is 49.3 Å². The molecule has 1 fully saturated rings. The molecule has 0 saturated carbocycles. The first-order valence-corrected chi connectivity index (χ1v) is 3.29. The van der Waals surface area contributed by atoms with E-state index < -0.39 is 18.1 Å². The second-order valence-corrected chi connectivity index (χ2v) is 2.45. The molecule has 1 aliphatic rings. The standard InChI is InChI=1S/C6H10FNO2.ClH/c7-5-3-8-2-1-4(5)6(9)10;/h4-5,8H,1-3H2,(H,9,10);1H/t4-,5+;/m0./s1. The van der Waals surface area contributed by atoms with E-state index in [1.165, 1.54) is 0 Å². The van der Waals surface area contributed by atoms with Crippen molar-refractivity contribution in [1.82, 2.24) is 5.32 Å². The van der Waals surface area contributed by atoms with Gasteiger partial charge in [0.15, 0.2) is 0 Å². The van der Waals surface area contributed by atoms with Crippen LogP contribution >= 0.6 is 12.4 Å². The van der Waals surface area contributed by atoms with Gasteiger partial charge < -0.3 is 10.4 Å². The normalized spacial score (nSPS) is 30.6. The number of piperidine rings is 1. The van der Waals surface area contributed by atoms with Gasteiger partial charge in [-0.25, -0.2) is 4.39 Å². The Morgan fingerprint density at radius 3 is 2.64 bits per heavy atom. The van der Waals surface area contributed by atoms with Gasteiger partial charge in [-0.2, -0.15) is 0 Å². The summed E-state index contributed by atoms with van der Waals surface area (Å²) < 4.78 is 12.7. The number of carboxylic acid groups (broad SMARTS) is 1. The van der Waals surface area contributed by atoms with E-state index in [-0.39, 0.29) is 19.0 Å². The Morgan fingerprint density at radius 2 is 2.27 bits per heavy atom. The molecule has 5 heteroatoms. The van der Waals surface area contributed by atoms with Gasteiger partial charge in [-0.15, -0.1) is 12.4 Å². The van der Waals surface area contributed by atoms with E-state index in [0.717, 1.165) is 0 Å². The summed E-state index contributed by atoms with van der Waals surface area (Å²) in [7, 11) is 0. The lowest BCUT2D eigenvalue weighted by Crippen LogP contribution is -2.41. The summed E-state index contributed by atoms with van der Waals surface area (Å²) in [5, 5.41) is 11.2. The number of alkyl halides is 1. The Kier molecular flexibility index (Phi) is 4.37. The summed E-state index contributed by atoms with van der Waals surface area (Å²) in [6.45, 7) is 0.786. The fourth-order valence-corrected chi connectivity index (χ4v) is 1.10. The van der Waals surface area contributed by atoms with Crippen molar-refractivity contribution in [2.24, 2.45) is 5.92 Å². The Morgan fingerprint density at radius 1 is 1.64 bits per heavy atom.